The minimum absolute atomic E-state index is 0.0509. The highest BCUT2D eigenvalue weighted by Crippen LogP contribution is 2.55. The van der Waals surface area contributed by atoms with Gasteiger partial charge in [-0.05, 0) is 25.2 Å². The van der Waals surface area contributed by atoms with Crippen LogP contribution in [-0.2, 0) is 9.59 Å². The summed E-state index contributed by atoms with van der Waals surface area (Å²) in [5, 5.41) is 11.9. The number of hydrogen-bond donors (Lipinski definition) is 2. The first-order chi connectivity index (χ1) is 6.77. The number of aliphatic carboxylic acids is 1. The van der Waals surface area contributed by atoms with E-state index in [1.807, 2.05) is 13.8 Å². The van der Waals surface area contributed by atoms with Gasteiger partial charge in [0.2, 0.25) is 5.91 Å². The number of rotatable bonds is 2. The van der Waals surface area contributed by atoms with E-state index >= 15 is 0 Å². The Labute approximate surface area is 90.0 Å². The largest absolute Gasteiger partial charge is 0.481 e. The van der Waals surface area contributed by atoms with E-state index in [0.29, 0.717) is 12.8 Å². The van der Waals surface area contributed by atoms with Gasteiger partial charge in [0.05, 0.1) is 5.41 Å². The summed E-state index contributed by atoms with van der Waals surface area (Å²) >= 11 is 0. The van der Waals surface area contributed by atoms with Gasteiger partial charge in [0.1, 0.15) is 0 Å². The van der Waals surface area contributed by atoms with Crippen molar-refractivity contribution in [3.05, 3.63) is 0 Å². The Morgan fingerprint density at radius 2 is 1.87 bits per heavy atom. The number of amides is 1. The predicted octanol–water partition coefficient (Wildman–Crippen LogP) is 1.26. The van der Waals surface area contributed by atoms with Gasteiger partial charge < -0.3 is 10.4 Å². The minimum Gasteiger partial charge on any atom is -0.481 e. The lowest BCUT2D eigenvalue weighted by atomic mass is 9.65. The van der Waals surface area contributed by atoms with E-state index in [1.165, 1.54) is 0 Å². The van der Waals surface area contributed by atoms with Gasteiger partial charge in [0.25, 0.3) is 0 Å². The SMILES string of the molecule is CNC(=O)[C@H]1CC[C@](C)(C(=O)O)C1(C)C. The van der Waals surface area contributed by atoms with Crippen molar-refractivity contribution < 1.29 is 14.7 Å². The van der Waals surface area contributed by atoms with E-state index < -0.39 is 16.8 Å². The van der Waals surface area contributed by atoms with Crippen LogP contribution in [0.5, 0.6) is 0 Å². The van der Waals surface area contributed by atoms with Crippen molar-refractivity contribution in [3.8, 4) is 0 Å². The molecule has 0 bridgehead atoms. The Balaban J connectivity index is 3.04. The van der Waals surface area contributed by atoms with Crippen LogP contribution in [0.25, 0.3) is 0 Å². The zero-order chi connectivity index (χ0) is 11.9. The number of carbonyl (C=O) groups excluding carboxylic acids is 1. The van der Waals surface area contributed by atoms with Crippen LogP contribution in [0.1, 0.15) is 33.6 Å². The topological polar surface area (TPSA) is 66.4 Å². The molecule has 0 aliphatic heterocycles. The van der Waals surface area contributed by atoms with Crippen LogP contribution in [0.4, 0.5) is 0 Å². The molecule has 1 aliphatic carbocycles. The zero-order valence-electron chi connectivity index (χ0n) is 9.76. The Morgan fingerprint density at radius 3 is 2.20 bits per heavy atom. The Morgan fingerprint density at radius 1 is 1.33 bits per heavy atom. The molecule has 86 valence electrons. The van der Waals surface area contributed by atoms with Crippen LogP contribution in [0.15, 0.2) is 0 Å². The van der Waals surface area contributed by atoms with Crippen molar-refractivity contribution in [1.82, 2.24) is 5.32 Å². The molecular formula is C11H19NO3. The van der Waals surface area contributed by atoms with E-state index in [2.05, 4.69) is 5.32 Å². The number of carboxylic acid groups (broad SMARTS) is 1. The fourth-order valence-electron chi connectivity index (χ4n) is 2.52. The average molecular weight is 213 g/mol. The van der Waals surface area contributed by atoms with Gasteiger partial charge in [-0.15, -0.1) is 0 Å². The number of carbonyl (C=O) groups is 2. The maximum Gasteiger partial charge on any atom is 0.309 e. The molecule has 0 unspecified atom stereocenters. The normalized spacial score (nSPS) is 33.7. The molecule has 0 heterocycles. The zero-order valence-corrected chi connectivity index (χ0v) is 9.76. The summed E-state index contributed by atoms with van der Waals surface area (Å²) in [6, 6.07) is 0. The Bertz CT molecular complexity index is 298. The molecular weight excluding hydrogens is 194 g/mol. The fourth-order valence-corrected chi connectivity index (χ4v) is 2.52. The number of nitrogens with one attached hydrogen (secondary N) is 1. The quantitative estimate of drug-likeness (QED) is 0.725. The molecule has 1 aliphatic rings. The lowest BCUT2D eigenvalue weighted by Crippen LogP contribution is -2.44. The molecule has 2 atom stereocenters. The predicted molar refractivity (Wildman–Crippen MR) is 56.3 cm³/mol. The van der Waals surface area contributed by atoms with Gasteiger partial charge in [-0.25, -0.2) is 0 Å². The van der Waals surface area contributed by atoms with Crippen molar-refractivity contribution in [2.75, 3.05) is 7.05 Å². The van der Waals surface area contributed by atoms with Crippen molar-refractivity contribution in [1.29, 1.82) is 0 Å². The highest BCUT2D eigenvalue weighted by molar-refractivity contribution is 5.83. The monoisotopic (exact) mass is 213 g/mol. The number of carboxylic acids is 1. The second-order valence-corrected chi connectivity index (χ2v) is 5.06. The molecule has 1 fully saturated rings. The smallest absolute Gasteiger partial charge is 0.309 e. The minimum atomic E-state index is -0.807. The second-order valence-electron chi connectivity index (χ2n) is 5.06. The van der Waals surface area contributed by atoms with E-state index in [1.54, 1.807) is 14.0 Å². The first kappa shape index (κ1) is 12.0. The molecule has 0 radical (unpaired) electrons. The lowest BCUT2D eigenvalue weighted by Gasteiger charge is -2.37. The summed E-state index contributed by atoms with van der Waals surface area (Å²) in [6.07, 6.45) is 1.21. The summed E-state index contributed by atoms with van der Waals surface area (Å²) in [4.78, 5) is 22.9. The Hall–Kier alpha value is -1.06. The van der Waals surface area contributed by atoms with Gasteiger partial charge in [0.15, 0.2) is 0 Å². The van der Waals surface area contributed by atoms with Crippen molar-refractivity contribution in [2.45, 2.75) is 33.6 Å². The summed E-state index contributed by atoms with van der Waals surface area (Å²) in [6.45, 7) is 5.47. The highest BCUT2D eigenvalue weighted by atomic mass is 16.4. The van der Waals surface area contributed by atoms with E-state index in [9.17, 15) is 14.7 Å². The molecule has 0 aromatic heterocycles. The summed E-state index contributed by atoms with van der Waals surface area (Å²) in [5.74, 6) is -1.06. The van der Waals surface area contributed by atoms with Crippen LogP contribution in [-0.4, -0.2) is 24.0 Å². The van der Waals surface area contributed by atoms with Gasteiger partial charge in [-0.3, -0.25) is 9.59 Å². The summed E-state index contributed by atoms with van der Waals surface area (Å²) in [7, 11) is 1.59. The average Bonchev–Trinajstić information content (AvgIpc) is 2.39. The van der Waals surface area contributed by atoms with Gasteiger partial charge >= 0.3 is 5.97 Å². The van der Waals surface area contributed by atoms with Crippen LogP contribution < -0.4 is 5.32 Å². The molecule has 1 saturated carbocycles. The molecule has 2 N–H and O–H groups in total. The van der Waals surface area contributed by atoms with Crippen molar-refractivity contribution >= 4 is 11.9 Å². The van der Waals surface area contributed by atoms with Crippen molar-refractivity contribution in [2.24, 2.45) is 16.7 Å². The van der Waals surface area contributed by atoms with E-state index in [-0.39, 0.29) is 11.8 Å². The fraction of sp³-hybridized carbons (Fsp3) is 0.818. The molecule has 4 heteroatoms. The second kappa shape index (κ2) is 3.51. The molecule has 0 spiro atoms. The summed E-state index contributed by atoms with van der Waals surface area (Å²) in [5.41, 5.74) is -1.30. The van der Waals surface area contributed by atoms with E-state index in [4.69, 9.17) is 0 Å². The Kier molecular flexibility index (Phi) is 2.81. The molecule has 0 aromatic rings. The first-order valence-corrected chi connectivity index (χ1v) is 5.22. The molecule has 1 rings (SSSR count). The van der Waals surface area contributed by atoms with Gasteiger partial charge in [0, 0.05) is 13.0 Å². The standard InChI is InChI=1S/C11H19NO3/c1-10(2)7(8(13)12-4)5-6-11(10,3)9(14)15/h7H,5-6H2,1-4H3,(H,12,13)(H,14,15)/t7-,11-/m1/s1. The van der Waals surface area contributed by atoms with Crippen molar-refractivity contribution in [3.63, 3.8) is 0 Å². The molecule has 0 aromatic carbocycles. The van der Waals surface area contributed by atoms with Crippen LogP contribution in [0.2, 0.25) is 0 Å². The maximum atomic E-state index is 11.6. The molecule has 1 amide bonds. The third kappa shape index (κ3) is 1.52. The lowest BCUT2D eigenvalue weighted by molar-refractivity contribution is -0.155. The molecule has 15 heavy (non-hydrogen) atoms. The maximum absolute atomic E-state index is 11.6. The summed E-state index contributed by atoms with van der Waals surface area (Å²) < 4.78 is 0. The van der Waals surface area contributed by atoms with Crippen LogP contribution in [0, 0.1) is 16.7 Å². The third-order valence-corrected chi connectivity index (χ3v) is 4.26. The van der Waals surface area contributed by atoms with Gasteiger partial charge in [-0.2, -0.15) is 0 Å². The van der Waals surface area contributed by atoms with Crippen LogP contribution >= 0.6 is 0 Å². The van der Waals surface area contributed by atoms with Crippen LogP contribution in [0.3, 0.4) is 0 Å². The highest BCUT2D eigenvalue weighted by Gasteiger charge is 2.58. The first-order valence-electron chi connectivity index (χ1n) is 5.22. The van der Waals surface area contributed by atoms with E-state index in [0.717, 1.165) is 0 Å². The molecule has 0 saturated heterocycles. The molecule has 4 nitrogen and oxygen atoms in total. The third-order valence-electron chi connectivity index (χ3n) is 4.26. The number of hydrogen-bond acceptors (Lipinski definition) is 2. The van der Waals surface area contributed by atoms with Gasteiger partial charge in [-0.1, -0.05) is 13.8 Å².